The third-order valence-corrected chi connectivity index (χ3v) is 8.63. The zero-order valence-corrected chi connectivity index (χ0v) is 21.6. The van der Waals surface area contributed by atoms with Crippen molar-refractivity contribution in [2.75, 3.05) is 39.8 Å². The summed E-state index contributed by atoms with van der Waals surface area (Å²) in [5, 5.41) is 3.44. The number of hydrogen-bond acceptors (Lipinski definition) is 4. The topological polar surface area (TPSA) is 65.0 Å². The van der Waals surface area contributed by atoms with Gasteiger partial charge in [0, 0.05) is 44.6 Å². The van der Waals surface area contributed by atoms with Crippen molar-refractivity contribution in [1.29, 1.82) is 0 Å². The first-order chi connectivity index (χ1) is 12.8. The van der Waals surface area contributed by atoms with Crippen molar-refractivity contribution in [1.82, 2.24) is 14.5 Å². The van der Waals surface area contributed by atoms with E-state index >= 15 is 0 Å². The van der Waals surface area contributed by atoms with E-state index in [9.17, 15) is 8.42 Å². The van der Waals surface area contributed by atoms with Crippen LogP contribution in [0.15, 0.2) is 21.3 Å². The Morgan fingerprint density at radius 3 is 2.39 bits per heavy atom. The normalized spacial score (nSPS) is 20.9. The quantitative estimate of drug-likeness (QED) is 0.326. The predicted octanol–water partition coefficient (Wildman–Crippen LogP) is 3.49. The van der Waals surface area contributed by atoms with Crippen molar-refractivity contribution >= 4 is 51.3 Å². The molecule has 1 N–H and O–H groups in total. The van der Waals surface area contributed by atoms with Gasteiger partial charge in [-0.05, 0) is 36.8 Å². The molecule has 0 amide bonds. The maximum atomic E-state index is 12.6. The van der Waals surface area contributed by atoms with Crippen molar-refractivity contribution in [3.63, 3.8) is 0 Å². The number of likely N-dealkylation sites (tertiary alicyclic amines) is 1. The number of guanidine groups is 1. The van der Waals surface area contributed by atoms with Crippen LogP contribution in [0.2, 0.25) is 0 Å². The van der Waals surface area contributed by atoms with Crippen LogP contribution in [0.5, 0.6) is 0 Å². The lowest BCUT2D eigenvalue weighted by Gasteiger charge is -2.37. The van der Waals surface area contributed by atoms with E-state index in [1.165, 1.54) is 22.1 Å². The van der Waals surface area contributed by atoms with E-state index in [2.05, 4.69) is 29.1 Å². The molecule has 0 aliphatic carbocycles. The highest BCUT2D eigenvalue weighted by molar-refractivity contribution is 14.0. The molecule has 0 spiro atoms. The van der Waals surface area contributed by atoms with Crippen molar-refractivity contribution in [2.24, 2.45) is 16.8 Å². The lowest BCUT2D eigenvalue weighted by atomic mass is 9.92. The molecule has 1 fully saturated rings. The number of piperidine rings is 1. The van der Waals surface area contributed by atoms with Crippen LogP contribution >= 0.6 is 35.3 Å². The van der Waals surface area contributed by atoms with E-state index in [1.54, 1.807) is 6.07 Å². The van der Waals surface area contributed by atoms with Gasteiger partial charge in [0.15, 0.2) is 5.96 Å². The zero-order chi connectivity index (χ0) is 20.0. The molecule has 2 heterocycles. The average Bonchev–Trinajstić information content (AvgIpc) is 3.08. The van der Waals surface area contributed by atoms with E-state index in [4.69, 9.17) is 0 Å². The van der Waals surface area contributed by atoms with E-state index in [-0.39, 0.29) is 24.0 Å². The molecule has 1 aromatic rings. The van der Waals surface area contributed by atoms with Crippen LogP contribution in [0.25, 0.3) is 0 Å². The summed E-state index contributed by atoms with van der Waals surface area (Å²) in [5.74, 6) is 2.30. The van der Waals surface area contributed by atoms with Crippen molar-refractivity contribution in [3.8, 4) is 0 Å². The van der Waals surface area contributed by atoms with Gasteiger partial charge in [-0.2, -0.15) is 4.31 Å². The van der Waals surface area contributed by atoms with Gasteiger partial charge in [-0.15, -0.1) is 35.3 Å². The highest BCUT2D eigenvalue weighted by Gasteiger charge is 2.25. The number of halogens is 1. The van der Waals surface area contributed by atoms with Gasteiger partial charge in [0.25, 0.3) is 10.0 Å². The van der Waals surface area contributed by atoms with E-state index in [0.29, 0.717) is 29.1 Å². The third kappa shape index (κ3) is 6.56. The second-order valence-electron chi connectivity index (χ2n) is 7.39. The monoisotopic (exact) mass is 542 g/mol. The molecule has 2 unspecified atom stereocenters. The molecular weight excluding hydrogens is 507 g/mol. The second-order valence-corrected chi connectivity index (χ2v) is 10.7. The molecule has 2 rings (SSSR count). The van der Waals surface area contributed by atoms with Gasteiger partial charge in [0.2, 0.25) is 0 Å². The molecule has 0 radical (unpaired) electrons. The summed E-state index contributed by atoms with van der Waals surface area (Å²) in [6.07, 6.45) is 2.06. The van der Waals surface area contributed by atoms with Gasteiger partial charge >= 0.3 is 0 Å². The van der Waals surface area contributed by atoms with Crippen LogP contribution in [0.1, 0.15) is 39.0 Å². The first-order valence-corrected chi connectivity index (χ1v) is 12.1. The third-order valence-electron chi connectivity index (χ3n) is 4.97. The van der Waals surface area contributed by atoms with Gasteiger partial charge in [-0.25, -0.2) is 8.42 Å². The number of aliphatic imine (C=N–C) groups is 1. The number of thiophene rings is 1. The molecule has 1 aliphatic rings. The van der Waals surface area contributed by atoms with Gasteiger partial charge < -0.3 is 10.2 Å². The second kappa shape index (κ2) is 11.7. The van der Waals surface area contributed by atoms with Crippen LogP contribution in [0, 0.1) is 11.8 Å². The van der Waals surface area contributed by atoms with Gasteiger partial charge in [0.05, 0.1) is 0 Å². The Kier molecular flexibility index (Phi) is 10.7. The van der Waals surface area contributed by atoms with Crippen LogP contribution < -0.4 is 5.32 Å². The minimum atomic E-state index is -3.36. The summed E-state index contributed by atoms with van der Waals surface area (Å²) in [5.41, 5.74) is 0. The van der Waals surface area contributed by atoms with E-state index in [0.717, 1.165) is 36.9 Å². The Bertz CT molecular complexity index is 722. The Morgan fingerprint density at radius 1 is 1.25 bits per heavy atom. The molecule has 6 nitrogen and oxygen atoms in total. The molecule has 1 aromatic heterocycles. The maximum Gasteiger partial charge on any atom is 0.252 e. The lowest BCUT2D eigenvalue weighted by Crippen LogP contribution is -2.48. The van der Waals surface area contributed by atoms with Crippen molar-refractivity contribution < 1.29 is 8.42 Å². The Balaban J connectivity index is 0.00000392. The Hall–Kier alpha value is -0.390. The molecule has 1 aliphatic heterocycles. The summed E-state index contributed by atoms with van der Waals surface area (Å²) >= 11 is 1.37. The van der Waals surface area contributed by atoms with E-state index < -0.39 is 10.0 Å². The first-order valence-electron chi connectivity index (χ1n) is 9.86. The number of nitrogens with zero attached hydrogens (tertiary/aromatic N) is 3. The van der Waals surface area contributed by atoms with Crippen molar-refractivity contribution in [3.05, 3.63) is 17.0 Å². The molecule has 2 atom stereocenters. The molecule has 0 saturated carbocycles. The van der Waals surface area contributed by atoms with Crippen LogP contribution in [0.4, 0.5) is 0 Å². The van der Waals surface area contributed by atoms with Crippen LogP contribution in [-0.2, 0) is 16.4 Å². The highest BCUT2D eigenvalue weighted by atomic mass is 127. The number of nitrogens with one attached hydrogen (secondary N) is 1. The highest BCUT2D eigenvalue weighted by Crippen LogP contribution is 2.25. The molecule has 0 bridgehead atoms. The molecule has 28 heavy (non-hydrogen) atoms. The molecule has 9 heteroatoms. The maximum absolute atomic E-state index is 12.6. The Labute approximate surface area is 191 Å². The standard InChI is InChI=1S/C19H34N4O2S2.HI/c1-6-23(7-2)27(24,25)18-9-8-17(26-18)10-11-21-19(20-5)22-13-15(3)12-16(4)14-22;/h8-9,15-16H,6-7,10-14H2,1-5H3,(H,20,21);1H. The molecular formula is C19H35IN4O2S2. The smallest absolute Gasteiger partial charge is 0.252 e. The summed E-state index contributed by atoms with van der Waals surface area (Å²) in [6.45, 7) is 12.1. The number of hydrogen-bond donors (Lipinski definition) is 1. The van der Waals surface area contributed by atoms with Crippen LogP contribution in [-0.4, -0.2) is 63.4 Å². The summed E-state index contributed by atoms with van der Waals surface area (Å²) < 4.78 is 27.1. The largest absolute Gasteiger partial charge is 0.356 e. The first kappa shape index (κ1) is 25.6. The summed E-state index contributed by atoms with van der Waals surface area (Å²) in [7, 11) is -1.53. The SMILES string of the molecule is CCN(CC)S(=O)(=O)c1ccc(CCNC(=NC)N2CC(C)CC(C)C2)s1.I. The summed E-state index contributed by atoms with van der Waals surface area (Å²) in [4.78, 5) is 7.84. The zero-order valence-electron chi connectivity index (χ0n) is 17.6. The summed E-state index contributed by atoms with van der Waals surface area (Å²) in [6, 6.07) is 3.66. The number of rotatable bonds is 7. The van der Waals surface area contributed by atoms with E-state index in [1.807, 2.05) is 27.0 Å². The molecule has 0 aromatic carbocycles. The minimum Gasteiger partial charge on any atom is -0.356 e. The van der Waals surface area contributed by atoms with Gasteiger partial charge in [-0.1, -0.05) is 27.7 Å². The van der Waals surface area contributed by atoms with Gasteiger partial charge in [0.1, 0.15) is 4.21 Å². The fourth-order valence-electron chi connectivity index (χ4n) is 3.79. The fraction of sp³-hybridized carbons (Fsp3) is 0.737. The average molecular weight is 543 g/mol. The van der Waals surface area contributed by atoms with Crippen LogP contribution in [0.3, 0.4) is 0 Å². The molecule has 162 valence electrons. The minimum absolute atomic E-state index is 0. The molecule has 1 saturated heterocycles. The lowest BCUT2D eigenvalue weighted by molar-refractivity contribution is 0.208. The van der Waals surface area contributed by atoms with Gasteiger partial charge in [-0.3, -0.25) is 4.99 Å². The fourth-order valence-corrected chi connectivity index (χ4v) is 6.76. The Morgan fingerprint density at radius 2 is 1.86 bits per heavy atom. The predicted molar refractivity (Wildman–Crippen MR) is 129 cm³/mol. The number of sulfonamides is 1. The van der Waals surface area contributed by atoms with Crippen molar-refractivity contribution in [2.45, 2.75) is 44.7 Å².